The molecule has 0 saturated heterocycles. The largest absolute Gasteiger partial charge is 0.0767 e. The fraction of sp³-hybridized carbons (Fsp3) is 0.263. The lowest BCUT2D eigenvalue weighted by Gasteiger charge is -2.08. The SMILES string of the molecule is CC(C)c1cccc(C=CC(C)c2ccccc2)c1. The van der Waals surface area contributed by atoms with Crippen molar-refractivity contribution in [2.45, 2.75) is 32.6 Å². The van der Waals surface area contributed by atoms with E-state index in [1.54, 1.807) is 0 Å². The Hall–Kier alpha value is -1.82. The lowest BCUT2D eigenvalue weighted by atomic mass is 9.98. The fourth-order valence-corrected chi connectivity index (χ4v) is 2.14. The van der Waals surface area contributed by atoms with Gasteiger partial charge in [0.15, 0.2) is 0 Å². The quantitative estimate of drug-likeness (QED) is 0.660. The molecule has 0 bridgehead atoms. The molecule has 0 aromatic heterocycles. The second kappa shape index (κ2) is 6.38. The van der Waals surface area contributed by atoms with Crippen LogP contribution in [0.3, 0.4) is 0 Å². The lowest BCUT2D eigenvalue weighted by Crippen LogP contribution is -1.89. The molecule has 2 aromatic carbocycles. The standard InChI is InChI=1S/C19H22/c1-15(2)19-11-7-8-17(14-19)13-12-16(3)18-9-5-4-6-10-18/h4-16H,1-3H3. The Balaban J connectivity index is 2.12. The minimum atomic E-state index is 0.448. The first-order chi connectivity index (χ1) is 9.16. The van der Waals surface area contributed by atoms with Crippen LogP contribution >= 0.6 is 0 Å². The summed E-state index contributed by atoms with van der Waals surface area (Å²) in [5.41, 5.74) is 4.04. The summed E-state index contributed by atoms with van der Waals surface area (Å²) in [5, 5.41) is 0. The fourth-order valence-electron chi connectivity index (χ4n) is 2.14. The van der Waals surface area contributed by atoms with Crippen molar-refractivity contribution in [2.24, 2.45) is 0 Å². The Morgan fingerprint density at radius 1 is 0.789 bits per heavy atom. The van der Waals surface area contributed by atoms with Crippen LogP contribution in [0.25, 0.3) is 6.08 Å². The highest BCUT2D eigenvalue weighted by Crippen LogP contribution is 2.20. The van der Waals surface area contributed by atoms with Gasteiger partial charge in [-0.25, -0.2) is 0 Å². The molecule has 0 aliphatic rings. The van der Waals surface area contributed by atoms with Gasteiger partial charge < -0.3 is 0 Å². The Morgan fingerprint density at radius 3 is 2.16 bits per heavy atom. The average molecular weight is 250 g/mol. The maximum atomic E-state index is 2.28. The molecular formula is C19H22. The van der Waals surface area contributed by atoms with Gasteiger partial charge in [0.1, 0.15) is 0 Å². The highest BCUT2D eigenvalue weighted by molar-refractivity contribution is 5.52. The molecule has 19 heavy (non-hydrogen) atoms. The van der Waals surface area contributed by atoms with E-state index < -0.39 is 0 Å². The van der Waals surface area contributed by atoms with E-state index in [4.69, 9.17) is 0 Å². The summed E-state index contributed by atoms with van der Waals surface area (Å²) < 4.78 is 0. The van der Waals surface area contributed by atoms with Crippen LogP contribution in [0.4, 0.5) is 0 Å². The van der Waals surface area contributed by atoms with Crippen LogP contribution in [-0.4, -0.2) is 0 Å². The molecule has 0 heteroatoms. The molecule has 98 valence electrons. The summed E-state index contributed by atoms with van der Waals surface area (Å²) in [7, 11) is 0. The highest BCUT2D eigenvalue weighted by atomic mass is 14.1. The second-order valence-corrected chi connectivity index (χ2v) is 5.38. The molecule has 0 amide bonds. The van der Waals surface area contributed by atoms with Gasteiger partial charge in [0.25, 0.3) is 0 Å². The van der Waals surface area contributed by atoms with Crippen LogP contribution in [-0.2, 0) is 0 Å². The molecule has 0 nitrogen and oxygen atoms in total. The van der Waals surface area contributed by atoms with E-state index in [1.165, 1.54) is 16.7 Å². The first kappa shape index (κ1) is 13.6. The summed E-state index contributed by atoms with van der Waals surface area (Å²) in [6, 6.07) is 19.4. The van der Waals surface area contributed by atoms with Crippen molar-refractivity contribution in [3.8, 4) is 0 Å². The third kappa shape index (κ3) is 3.82. The molecule has 0 aliphatic heterocycles. The number of benzene rings is 2. The number of hydrogen-bond donors (Lipinski definition) is 0. The summed E-state index contributed by atoms with van der Waals surface area (Å²) in [6.45, 7) is 6.70. The van der Waals surface area contributed by atoms with Crippen molar-refractivity contribution >= 4 is 6.08 Å². The zero-order chi connectivity index (χ0) is 13.7. The second-order valence-electron chi connectivity index (χ2n) is 5.38. The Kier molecular flexibility index (Phi) is 4.57. The van der Waals surface area contributed by atoms with E-state index in [-0.39, 0.29) is 0 Å². The lowest BCUT2D eigenvalue weighted by molar-refractivity contribution is 0.866. The molecule has 0 heterocycles. The van der Waals surface area contributed by atoms with Gasteiger partial charge in [0.05, 0.1) is 0 Å². The number of hydrogen-bond acceptors (Lipinski definition) is 0. The average Bonchev–Trinajstić information content (AvgIpc) is 2.46. The topological polar surface area (TPSA) is 0 Å². The molecular weight excluding hydrogens is 228 g/mol. The first-order valence-corrected chi connectivity index (χ1v) is 7.00. The van der Waals surface area contributed by atoms with Crippen molar-refractivity contribution in [3.05, 3.63) is 77.4 Å². The van der Waals surface area contributed by atoms with Crippen molar-refractivity contribution in [1.29, 1.82) is 0 Å². The molecule has 2 rings (SSSR count). The van der Waals surface area contributed by atoms with Crippen molar-refractivity contribution in [2.75, 3.05) is 0 Å². The molecule has 2 aromatic rings. The van der Waals surface area contributed by atoms with E-state index in [9.17, 15) is 0 Å². The van der Waals surface area contributed by atoms with Crippen LogP contribution in [0.15, 0.2) is 60.7 Å². The van der Waals surface area contributed by atoms with Crippen molar-refractivity contribution < 1.29 is 0 Å². The molecule has 0 aliphatic carbocycles. The van der Waals surface area contributed by atoms with Crippen LogP contribution < -0.4 is 0 Å². The zero-order valence-electron chi connectivity index (χ0n) is 12.0. The summed E-state index contributed by atoms with van der Waals surface area (Å²) in [6.07, 6.45) is 4.50. The van der Waals surface area contributed by atoms with Crippen LogP contribution in [0.1, 0.15) is 49.3 Å². The molecule has 1 atom stereocenters. The Bertz CT molecular complexity index is 535. The van der Waals surface area contributed by atoms with Gasteiger partial charge in [-0.3, -0.25) is 0 Å². The van der Waals surface area contributed by atoms with Crippen molar-refractivity contribution in [1.82, 2.24) is 0 Å². The Labute approximate surface area is 116 Å². The summed E-state index contributed by atoms with van der Waals surface area (Å²) in [5.74, 6) is 1.03. The van der Waals surface area contributed by atoms with Crippen LogP contribution in [0, 0.1) is 0 Å². The van der Waals surface area contributed by atoms with Gasteiger partial charge in [-0.2, -0.15) is 0 Å². The van der Waals surface area contributed by atoms with Gasteiger partial charge in [-0.15, -0.1) is 0 Å². The summed E-state index contributed by atoms with van der Waals surface area (Å²) in [4.78, 5) is 0. The smallest absolute Gasteiger partial charge is 0.000711 e. The van der Waals surface area contributed by atoms with Crippen molar-refractivity contribution in [3.63, 3.8) is 0 Å². The monoisotopic (exact) mass is 250 g/mol. The van der Waals surface area contributed by atoms with Gasteiger partial charge in [0, 0.05) is 0 Å². The third-order valence-electron chi connectivity index (χ3n) is 3.48. The molecule has 0 saturated carbocycles. The van der Waals surface area contributed by atoms with Crippen LogP contribution in [0.5, 0.6) is 0 Å². The molecule has 1 unspecified atom stereocenters. The minimum Gasteiger partial charge on any atom is -0.0767 e. The molecule has 0 spiro atoms. The highest BCUT2D eigenvalue weighted by Gasteiger charge is 2.01. The van der Waals surface area contributed by atoms with E-state index in [1.807, 2.05) is 0 Å². The summed E-state index contributed by atoms with van der Waals surface area (Å²) >= 11 is 0. The predicted octanol–water partition coefficient (Wildman–Crippen LogP) is 5.63. The van der Waals surface area contributed by atoms with E-state index in [2.05, 4.69) is 87.5 Å². The molecule has 0 fully saturated rings. The Morgan fingerprint density at radius 2 is 1.47 bits per heavy atom. The molecule has 0 N–H and O–H groups in total. The van der Waals surface area contributed by atoms with Gasteiger partial charge in [0.2, 0.25) is 0 Å². The normalized spacial score (nSPS) is 13.1. The van der Waals surface area contributed by atoms with Gasteiger partial charge in [-0.1, -0.05) is 87.5 Å². The predicted molar refractivity (Wildman–Crippen MR) is 84.4 cm³/mol. The van der Waals surface area contributed by atoms with Gasteiger partial charge in [-0.05, 0) is 28.5 Å². The third-order valence-corrected chi connectivity index (χ3v) is 3.48. The maximum absolute atomic E-state index is 2.28. The first-order valence-electron chi connectivity index (χ1n) is 7.00. The van der Waals surface area contributed by atoms with E-state index >= 15 is 0 Å². The minimum absolute atomic E-state index is 0.448. The van der Waals surface area contributed by atoms with Gasteiger partial charge >= 0.3 is 0 Å². The number of allylic oxidation sites excluding steroid dienone is 1. The van der Waals surface area contributed by atoms with Crippen LogP contribution in [0.2, 0.25) is 0 Å². The number of rotatable bonds is 4. The van der Waals surface area contributed by atoms with E-state index in [0.29, 0.717) is 11.8 Å². The zero-order valence-corrected chi connectivity index (χ0v) is 12.0. The molecule has 0 radical (unpaired) electrons. The van der Waals surface area contributed by atoms with E-state index in [0.717, 1.165) is 0 Å². The maximum Gasteiger partial charge on any atom is -0.000711 e.